The second-order valence-electron chi connectivity index (χ2n) is 16.9. The molecular formula is C39H55ClN2O4. The number of benzene rings is 1. The predicted octanol–water partition coefficient (Wildman–Crippen LogP) is 8.33. The highest BCUT2D eigenvalue weighted by molar-refractivity contribution is 6.30. The van der Waals surface area contributed by atoms with Gasteiger partial charge in [0, 0.05) is 56.5 Å². The van der Waals surface area contributed by atoms with Crippen molar-refractivity contribution in [3.05, 3.63) is 46.5 Å². The van der Waals surface area contributed by atoms with E-state index < -0.39 is 0 Å². The monoisotopic (exact) mass is 650 g/mol. The molecule has 6 nitrogen and oxygen atoms in total. The van der Waals surface area contributed by atoms with E-state index in [1.165, 1.54) is 37.7 Å². The Kier molecular flexibility index (Phi) is 8.10. The molecule has 4 aliphatic carbocycles. The van der Waals surface area contributed by atoms with Crippen LogP contribution in [0.3, 0.4) is 0 Å². The number of fused-ring (bicyclic) bond motifs is 7. The van der Waals surface area contributed by atoms with Gasteiger partial charge in [-0.3, -0.25) is 4.90 Å². The summed E-state index contributed by atoms with van der Waals surface area (Å²) in [6.07, 6.45) is 13.1. The zero-order chi connectivity index (χ0) is 31.8. The highest BCUT2D eigenvalue weighted by atomic mass is 35.5. The summed E-state index contributed by atoms with van der Waals surface area (Å²) in [6, 6.07) is 8.07. The van der Waals surface area contributed by atoms with Crippen LogP contribution in [0.15, 0.2) is 35.9 Å². The molecule has 7 heteroatoms. The SMILES string of the molecule is C[C@@H]1CC[C@@]2(OC1)O[C@H]1C[C@H]3[C@@H]4CC=C5C[C@@H](OC(=O)N6CCN(Cc7ccc(Cl)cc7)CC6)CC[C@]5(C)[C@H]4CC[C@]3(C)[C@H]1[C@@H]2C. The number of hydrogen-bond acceptors (Lipinski definition) is 5. The minimum Gasteiger partial charge on any atom is -0.446 e. The Labute approximate surface area is 281 Å². The van der Waals surface area contributed by atoms with Gasteiger partial charge in [-0.1, -0.05) is 63.1 Å². The van der Waals surface area contributed by atoms with E-state index in [1.54, 1.807) is 5.57 Å². The molecule has 8 rings (SSSR count). The first kappa shape index (κ1) is 31.7. The Hall–Kier alpha value is -1.60. The molecule has 1 amide bonds. The average molecular weight is 651 g/mol. The number of carbonyl (C=O) groups excluding carboxylic acids is 1. The first-order valence-corrected chi connectivity index (χ1v) is 18.9. The first-order valence-electron chi connectivity index (χ1n) is 18.5. The van der Waals surface area contributed by atoms with Gasteiger partial charge < -0.3 is 19.1 Å². The van der Waals surface area contributed by atoms with E-state index in [9.17, 15) is 4.79 Å². The van der Waals surface area contributed by atoms with Crippen molar-refractivity contribution in [1.29, 1.82) is 0 Å². The summed E-state index contributed by atoms with van der Waals surface area (Å²) < 4.78 is 19.7. The standard InChI is InChI=1S/C39H55ClN2O4/c1-25-11-16-39(44-24-25)26(2)35-34(46-39)22-33-31-10-7-28-21-30(12-14-37(28,3)32(31)13-15-38(33,35)4)45-36(43)42-19-17-41(18-20-42)23-27-5-8-29(40)9-6-27/h5-9,25-26,30-35H,10-24H2,1-4H3/t25-,26+,30+,31-,32+,33+,34+,35+,37+,38+,39-/m1/s1. The molecule has 1 aromatic rings. The van der Waals surface area contributed by atoms with Crippen molar-refractivity contribution >= 4 is 17.7 Å². The van der Waals surface area contributed by atoms with E-state index in [2.05, 4.69) is 50.8 Å². The molecule has 7 aliphatic rings. The van der Waals surface area contributed by atoms with Crippen molar-refractivity contribution in [3.63, 3.8) is 0 Å². The molecule has 1 spiro atoms. The lowest BCUT2D eigenvalue weighted by Crippen LogP contribution is -2.53. The smallest absolute Gasteiger partial charge is 0.410 e. The fourth-order valence-corrected chi connectivity index (χ4v) is 12.0. The molecular weight excluding hydrogens is 596 g/mol. The second kappa shape index (κ2) is 11.8. The quantitative estimate of drug-likeness (QED) is 0.308. The molecule has 6 fully saturated rings. The van der Waals surface area contributed by atoms with E-state index >= 15 is 0 Å². The third-order valence-electron chi connectivity index (χ3n) is 14.5. The van der Waals surface area contributed by atoms with Crippen molar-refractivity contribution in [2.45, 2.75) is 110 Å². The van der Waals surface area contributed by atoms with Gasteiger partial charge in [-0.05, 0) is 103 Å². The lowest BCUT2D eigenvalue weighted by Gasteiger charge is -2.58. The van der Waals surface area contributed by atoms with Crippen LogP contribution < -0.4 is 0 Å². The highest BCUT2D eigenvalue weighted by Crippen LogP contribution is 2.70. The molecule has 0 radical (unpaired) electrons. The topological polar surface area (TPSA) is 51.2 Å². The Morgan fingerprint density at radius 1 is 1.00 bits per heavy atom. The number of nitrogens with zero attached hydrogens (tertiary/aromatic N) is 2. The number of piperazine rings is 1. The summed E-state index contributed by atoms with van der Waals surface area (Å²) >= 11 is 6.05. The van der Waals surface area contributed by atoms with Crippen molar-refractivity contribution in [1.82, 2.24) is 9.80 Å². The Balaban J connectivity index is 0.880. The molecule has 0 N–H and O–H groups in total. The van der Waals surface area contributed by atoms with E-state index in [0.717, 1.165) is 87.8 Å². The summed E-state index contributed by atoms with van der Waals surface area (Å²) in [5, 5.41) is 0.767. The summed E-state index contributed by atoms with van der Waals surface area (Å²) in [5.74, 6) is 3.58. The molecule has 0 aromatic heterocycles. The van der Waals surface area contributed by atoms with Crippen molar-refractivity contribution < 1.29 is 19.0 Å². The number of carbonyl (C=O) groups is 1. The minimum absolute atomic E-state index is 0.00110. The molecule has 0 unspecified atom stereocenters. The number of rotatable bonds is 3. The van der Waals surface area contributed by atoms with Gasteiger partial charge in [-0.15, -0.1) is 0 Å². The van der Waals surface area contributed by atoms with Crippen LogP contribution in [0.2, 0.25) is 5.02 Å². The highest BCUT2D eigenvalue weighted by Gasteiger charge is 2.68. The van der Waals surface area contributed by atoms with Crippen LogP contribution in [0, 0.1) is 46.3 Å². The number of ether oxygens (including phenoxy) is 3. The fourth-order valence-electron chi connectivity index (χ4n) is 11.9. The molecule has 46 heavy (non-hydrogen) atoms. The summed E-state index contributed by atoms with van der Waals surface area (Å²) in [7, 11) is 0. The molecule has 1 aromatic carbocycles. The van der Waals surface area contributed by atoms with Crippen LogP contribution in [-0.2, 0) is 20.8 Å². The maximum Gasteiger partial charge on any atom is 0.410 e. The Morgan fingerprint density at radius 2 is 1.78 bits per heavy atom. The molecule has 3 heterocycles. The summed E-state index contributed by atoms with van der Waals surface area (Å²) in [5.41, 5.74) is 3.40. The lowest BCUT2D eigenvalue weighted by atomic mass is 9.47. The van der Waals surface area contributed by atoms with E-state index in [1.807, 2.05) is 17.0 Å². The number of halogens is 1. The van der Waals surface area contributed by atoms with E-state index in [0.29, 0.717) is 29.3 Å². The predicted molar refractivity (Wildman–Crippen MR) is 180 cm³/mol. The van der Waals surface area contributed by atoms with Crippen LogP contribution in [-0.4, -0.2) is 66.7 Å². The van der Waals surface area contributed by atoms with Gasteiger partial charge in [0.15, 0.2) is 5.79 Å². The molecule has 3 saturated carbocycles. The van der Waals surface area contributed by atoms with Crippen molar-refractivity contribution in [3.8, 4) is 0 Å². The third-order valence-corrected chi connectivity index (χ3v) is 14.8. The number of hydrogen-bond donors (Lipinski definition) is 0. The van der Waals surface area contributed by atoms with Crippen LogP contribution in [0.25, 0.3) is 0 Å². The fraction of sp³-hybridized carbons (Fsp3) is 0.769. The van der Waals surface area contributed by atoms with Gasteiger partial charge in [-0.2, -0.15) is 0 Å². The molecule has 3 aliphatic heterocycles. The van der Waals surface area contributed by atoms with Crippen molar-refractivity contribution in [2.24, 2.45) is 46.3 Å². The van der Waals surface area contributed by atoms with Crippen LogP contribution in [0.4, 0.5) is 4.79 Å². The molecule has 3 saturated heterocycles. The largest absolute Gasteiger partial charge is 0.446 e. The van der Waals surface area contributed by atoms with Gasteiger partial charge in [-0.25, -0.2) is 4.79 Å². The molecule has 0 bridgehead atoms. The second-order valence-corrected chi connectivity index (χ2v) is 17.4. The maximum atomic E-state index is 13.3. The third kappa shape index (κ3) is 5.18. The van der Waals surface area contributed by atoms with Crippen LogP contribution in [0.1, 0.15) is 91.0 Å². The summed E-state index contributed by atoms with van der Waals surface area (Å²) in [6.45, 7) is 14.8. The van der Waals surface area contributed by atoms with Gasteiger partial charge in [0.05, 0.1) is 12.7 Å². The normalized spacial score (nSPS) is 45.4. The van der Waals surface area contributed by atoms with Gasteiger partial charge in [0.2, 0.25) is 0 Å². The van der Waals surface area contributed by atoms with E-state index in [-0.39, 0.29) is 23.4 Å². The zero-order valence-electron chi connectivity index (χ0n) is 28.5. The van der Waals surface area contributed by atoms with E-state index in [4.69, 9.17) is 25.8 Å². The van der Waals surface area contributed by atoms with Gasteiger partial charge in [0.1, 0.15) is 6.10 Å². The van der Waals surface area contributed by atoms with Gasteiger partial charge >= 0.3 is 6.09 Å². The van der Waals surface area contributed by atoms with Crippen LogP contribution in [0.5, 0.6) is 0 Å². The van der Waals surface area contributed by atoms with Crippen molar-refractivity contribution in [2.75, 3.05) is 32.8 Å². The number of amides is 1. The summed E-state index contributed by atoms with van der Waals surface area (Å²) in [4.78, 5) is 17.6. The Bertz CT molecular complexity index is 1330. The number of allylic oxidation sites excluding steroid dienone is 1. The molecule has 252 valence electrons. The van der Waals surface area contributed by atoms with Gasteiger partial charge in [0.25, 0.3) is 0 Å². The lowest BCUT2D eigenvalue weighted by molar-refractivity contribution is -0.272. The average Bonchev–Trinajstić information content (AvgIpc) is 3.49. The molecule has 11 atom stereocenters. The first-order chi connectivity index (χ1) is 22.1. The minimum atomic E-state index is -0.334. The Morgan fingerprint density at radius 3 is 2.52 bits per heavy atom. The van der Waals surface area contributed by atoms with Crippen LogP contribution >= 0.6 is 11.6 Å². The zero-order valence-corrected chi connectivity index (χ0v) is 29.3. The maximum absolute atomic E-state index is 13.3.